The van der Waals surface area contributed by atoms with Gasteiger partial charge >= 0.3 is 0 Å². The largest absolute Gasteiger partial charge is 0.207 e. The second kappa shape index (κ2) is 5.94. The highest BCUT2D eigenvalue weighted by molar-refractivity contribution is 9.10. The Labute approximate surface area is 134 Å². The van der Waals surface area contributed by atoms with Crippen molar-refractivity contribution in [3.05, 3.63) is 67.9 Å². The van der Waals surface area contributed by atoms with E-state index in [0.717, 1.165) is 26.7 Å². The molecule has 2 aromatic rings. The van der Waals surface area contributed by atoms with Gasteiger partial charge in [-0.1, -0.05) is 55.6 Å². The molecule has 1 unspecified atom stereocenters. The minimum atomic E-state index is -0.322. The van der Waals surface area contributed by atoms with Crippen LogP contribution in [0.3, 0.4) is 0 Å². The predicted octanol–water partition coefficient (Wildman–Crippen LogP) is 6.34. The number of aryl methyl sites for hydroxylation is 2. The summed E-state index contributed by atoms with van der Waals surface area (Å²) in [5.74, 6) is -0.322. The van der Waals surface area contributed by atoms with Crippen LogP contribution in [0.1, 0.15) is 27.1 Å². The molecule has 100 valence electrons. The number of alkyl halides is 1. The van der Waals surface area contributed by atoms with E-state index in [1.165, 1.54) is 12.1 Å². The molecular weight excluding hydrogens is 394 g/mol. The Hall–Kier alpha value is -0.380. The van der Waals surface area contributed by atoms with Crippen molar-refractivity contribution in [1.82, 2.24) is 0 Å². The highest BCUT2D eigenvalue weighted by Gasteiger charge is 2.17. The lowest BCUT2D eigenvalue weighted by molar-refractivity contribution is 0.627. The zero-order valence-corrected chi connectivity index (χ0v) is 14.4. The van der Waals surface area contributed by atoms with Gasteiger partial charge < -0.3 is 0 Å². The van der Waals surface area contributed by atoms with Crippen LogP contribution in [0, 0.1) is 19.7 Å². The van der Waals surface area contributed by atoms with Crippen LogP contribution in [-0.2, 0) is 0 Å². The fraction of sp³-hybridized carbons (Fsp3) is 0.200. The van der Waals surface area contributed by atoms with E-state index in [0.29, 0.717) is 5.02 Å². The highest BCUT2D eigenvalue weighted by atomic mass is 79.9. The van der Waals surface area contributed by atoms with Crippen LogP contribution < -0.4 is 0 Å². The number of benzene rings is 2. The first-order valence-corrected chi connectivity index (χ1v) is 7.84. The molecule has 0 aliphatic rings. The van der Waals surface area contributed by atoms with Crippen molar-refractivity contribution in [2.24, 2.45) is 0 Å². The Balaban J connectivity index is 2.49. The molecule has 0 nitrogen and oxygen atoms in total. The van der Waals surface area contributed by atoms with Gasteiger partial charge in [0.25, 0.3) is 0 Å². The summed E-state index contributed by atoms with van der Waals surface area (Å²) >= 11 is 13.3. The van der Waals surface area contributed by atoms with Gasteiger partial charge in [0, 0.05) is 9.50 Å². The highest BCUT2D eigenvalue weighted by Crippen LogP contribution is 2.38. The number of rotatable bonds is 2. The summed E-state index contributed by atoms with van der Waals surface area (Å²) in [6.45, 7) is 4.09. The molecule has 0 saturated carbocycles. The van der Waals surface area contributed by atoms with Crippen LogP contribution in [0.4, 0.5) is 4.39 Å². The van der Waals surface area contributed by atoms with Crippen molar-refractivity contribution < 1.29 is 4.39 Å². The van der Waals surface area contributed by atoms with Gasteiger partial charge in [-0.3, -0.25) is 0 Å². The van der Waals surface area contributed by atoms with Crippen molar-refractivity contribution in [3.63, 3.8) is 0 Å². The van der Waals surface area contributed by atoms with Crippen molar-refractivity contribution in [2.75, 3.05) is 0 Å². The summed E-state index contributed by atoms with van der Waals surface area (Å²) < 4.78 is 14.2. The van der Waals surface area contributed by atoms with Crippen LogP contribution in [0.2, 0.25) is 5.02 Å². The lowest BCUT2D eigenvalue weighted by Crippen LogP contribution is -1.98. The molecule has 0 heterocycles. The summed E-state index contributed by atoms with van der Waals surface area (Å²) in [7, 11) is 0. The van der Waals surface area contributed by atoms with Gasteiger partial charge in [-0.15, -0.1) is 0 Å². The maximum absolute atomic E-state index is 13.1. The number of hydrogen-bond acceptors (Lipinski definition) is 0. The normalized spacial score (nSPS) is 12.5. The fourth-order valence-corrected chi connectivity index (χ4v) is 3.71. The molecule has 0 bridgehead atoms. The van der Waals surface area contributed by atoms with Gasteiger partial charge in [-0.2, -0.15) is 0 Å². The lowest BCUT2D eigenvalue weighted by atomic mass is 9.98. The van der Waals surface area contributed by atoms with Gasteiger partial charge in [0.1, 0.15) is 5.82 Å². The average Bonchev–Trinajstić information content (AvgIpc) is 2.33. The molecule has 0 spiro atoms. The third-order valence-electron chi connectivity index (χ3n) is 3.06. The van der Waals surface area contributed by atoms with E-state index in [9.17, 15) is 4.39 Å². The molecule has 1 atom stereocenters. The topological polar surface area (TPSA) is 0 Å². The van der Waals surface area contributed by atoms with Crippen LogP contribution in [0.15, 0.2) is 34.8 Å². The van der Waals surface area contributed by atoms with Crippen molar-refractivity contribution >= 4 is 43.5 Å². The maximum atomic E-state index is 13.1. The molecule has 0 saturated heterocycles. The molecule has 2 aromatic carbocycles. The minimum absolute atomic E-state index is 0.0487. The monoisotopic (exact) mass is 404 g/mol. The fourth-order valence-electron chi connectivity index (χ4n) is 1.95. The quantitative estimate of drug-likeness (QED) is 0.510. The van der Waals surface area contributed by atoms with Gasteiger partial charge in [-0.25, -0.2) is 4.39 Å². The van der Waals surface area contributed by atoms with E-state index in [-0.39, 0.29) is 10.6 Å². The minimum Gasteiger partial charge on any atom is -0.207 e. The molecule has 0 N–H and O–H groups in total. The molecular formula is C15H12Br2ClF. The first kappa shape index (κ1) is 15.0. The standard InChI is InChI=1S/C15H12Br2ClF/c1-8-6-13(16)9(2)5-12(8)15(17)11-4-3-10(19)7-14(11)18/h3-7,15H,1-2H3. The number of hydrogen-bond donors (Lipinski definition) is 0. The third-order valence-corrected chi connectivity index (χ3v) is 5.22. The molecule has 4 heteroatoms. The summed E-state index contributed by atoms with van der Waals surface area (Å²) in [5.41, 5.74) is 4.31. The molecule has 0 aliphatic carbocycles. The van der Waals surface area contributed by atoms with Crippen molar-refractivity contribution in [1.29, 1.82) is 0 Å². The van der Waals surface area contributed by atoms with E-state index < -0.39 is 0 Å². The second-order valence-electron chi connectivity index (χ2n) is 4.49. The molecule has 0 aliphatic heterocycles. The first-order valence-electron chi connectivity index (χ1n) is 5.76. The predicted molar refractivity (Wildman–Crippen MR) is 85.8 cm³/mol. The second-order valence-corrected chi connectivity index (χ2v) is 6.66. The van der Waals surface area contributed by atoms with Crippen LogP contribution >= 0.6 is 43.5 Å². The Bertz CT molecular complexity index is 626. The van der Waals surface area contributed by atoms with Gasteiger partial charge in [0.05, 0.1) is 4.83 Å². The Kier molecular flexibility index (Phi) is 4.70. The van der Waals surface area contributed by atoms with Crippen LogP contribution in [0.25, 0.3) is 0 Å². The molecule has 19 heavy (non-hydrogen) atoms. The van der Waals surface area contributed by atoms with Gasteiger partial charge in [0.15, 0.2) is 0 Å². The lowest BCUT2D eigenvalue weighted by Gasteiger charge is -2.16. The summed E-state index contributed by atoms with van der Waals surface area (Å²) in [6, 6.07) is 8.67. The van der Waals surface area contributed by atoms with Crippen molar-refractivity contribution in [3.8, 4) is 0 Å². The van der Waals surface area contributed by atoms with Gasteiger partial charge in [0.2, 0.25) is 0 Å². The Morgan fingerprint density at radius 1 is 1.05 bits per heavy atom. The molecule has 0 amide bonds. The van der Waals surface area contributed by atoms with E-state index in [1.807, 2.05) is 13.8 Å². The van der Waals surface area contributed by atoms with Crippen LogP contribution in [0.5, 0.6) is 0 Å². The summed E-state index contributed by atoms with van der Waals surface area (Å²) in [4.78, 5) is -0.0487. The molecule has 0 fully saturated rings. The van der Waals surface area contributed by atoms with E-state index >= 15 is 0 Å². The molecule has 2 rings (SSSR count). The van der Waals surface area contributed by atoms with Gasteiger partial charge in [-0.05, 0) is 54.3 Å². The Morgan fingerprint density at radius 2 is 1.74 bits per heavy atom. The van der Waals surface area contributed by atoms with E-state index in [4.69, 9.17) is 11.6 Å². The summed E-state index contributed by atoms with van der Waals surface area (Å²) in [6.07, 6.45) is 0. The Morgan fingerprint density at radius 3 is 2.37 bits per heavy atom. The van der Waals surface area contributed by atoms with Crippen LogP contribution in [-0.4, -0.2) is 0 Å². The average molecular weight is 407 g/mol. The zero-order chi connectivity index (χ0) is 14.2. The maximum Gasteiger partial charge on any atom is 0.124 e. The van der Waals surface area contributed by atoms with E-state index in [1.54, 1.807) is 6.07 Å². The smallest absolute Gasteiger partial charge is 0.124 e. The third kappa shape index (κ3) is 3.21. The first-order chi connectivity index (χ1) is 8.90. The summed E-state index contributed by atoms with van der Waals surface area (Å²) in [5, 5.41) is 0.432. The molecule has 0 radical (unpaired) electrons. The van der Waals surface area contributed by atoms with E-state index in [2.05, 4.69) is 44.0 Å². The SMILES string of the molecule is Cc1cc(C(Br)c2ccc(F)cc2Cl)c(C)cc1Br. The van der Waals surface area contributed by atoms with Crippen molar-refractivity contribution in [2.45, 2.75) is 18.7 Å². The zero-order valence-electron chi connectivity index (χ0n) is 10.5. The molecule has 0 aromatic heterocycles. The number of halogens is 4.